The van der Waals surface area contributed by atoms with E-state index in [1.54, 1.807) is 16.7 Å². The molecule has 23 heavy (non-hydrogen) atoms. The van der Waals surface area contributed by atoms with Crippen molar-refractivity contribution in [1.29, 1.82) is 0 Å². The minimum absolute atomic E-state index is 0.101. The van der Waals surface area contributed by atoms with Crippen LogP contribution in [-0.2, 0) is 4.79 Å². The van der Waals surface area contributed by atoms with E-state index < -0.39 is 0 Å². The van der Waals surface area contributed by atoms with Gasteiger partial charge < -0.3 is 19.3 Å². The Morgan fingerprint density at radius 3 is 2.83 bits per heavy atom. The minimum Gasteiger partial charge on any atom is -0.454 e. The molecule has 0 saturated carbocycles. The molecule has 1 unspecified atom stereocenters. The topological polar surface area (TPSA) is 43.2 Å². The Morgan fingerprint density at radius 2 is 2.04 bits per heavy atom. The van der Waals surface area contributed by atoms with Crippen LogP contribution >= 0.6 is 11.8 Å². The van der Waals surface area contributed by atoms with Gasteiger partial charge in [0.1, 0.15) is 5.37 Å². The Morgan fingerprint density at radius 1 is 1.26 bits per heavy atom. The zero-order chi connectivity index (χ0) is 16.2. The number of benzene rings is 1. The summed E-state index contributed by atoms with van der Waals surface area (Å²) in [4.78, 5) is 15.9. The van der Waals surface area contributed by atoms with Gasteiger partial charge in [0, 0.05) is 13.0 Å². The Kier molecular flexibility index (Phi) is 5.33. The number of carbonyl (C=O) groups excluding carboxylic acids is 1. The Bertz CT molecular complexity index is 563. The van der Waals surface area contributed by atoms with Crippen molar-refractivity contribution >= 4 is 17.7 Å². The molecule has 1 saturated heterocycles. The van der Waals surface area contributed by atoms with Crippen LogP contribution in [-0.4, -0.2) is 49.5 Å². The average molecular weight is 337 g/mol. The SMILES string of the molecule is CC[NH+](CC)CCCN1C(=O)CSC1c1ccc2c(c1)OCO2. The van der Waals surface area contributed by atoms with Gasteiger partial charge in [-0.15, -0.1) is 11.8 Å². The van der Waals surface area contributed by atoms with Gasteiger partial charge in [-0.2, -0.15) is 0 Å². The molecule has 2 heterocycles. The number of nitrogens with one attached hydrogen (secondary N) is 1. The van der Waals surface area contributed by atoms with E-state index in [1.165, 1.54) is 0 Å². The average Bonchev–Trinajstić information content (AvgIpc) is 3.17. The first kappa shape index (κ1) is 16.5. The summed E-state index contributed by atoms with van der Waals surface area (Å²) in [6, 6.07) is 6.01. The maximum absolute atomic E-state index is 12.2. The van der Waals surface area contributed by atoms with Gasteiger partial charge in [0.05, 0.1) is 25.4 Å². The summed E-state index contributed by atoms with van der Waals surface area (Å²) in [7, 11) is 0. The molecule has 1 aromatic carbocycles. The van der Waals surface area contributed by atoms with Crippen LogP contribution in [0.15, 0.2) is 18.2 Å². The van der Waals surface area contributed by atoms with Gasteiger partial charge in [0.2, 0.25) is 12.7 Å². The normalized spacial score (nSPS) is 19.9. The highest BCUT2D eigenvalue weighted by Gasteiger charge is 2.33. The van der Waals surface area contributed by atoms with Crippen LogP contribution in [0.1, 0.15) is 31.2 Å². The largest absolute Gasteiger partial charge is 0.454 e. The van der Waals surface area contributed by atoms with Crippen LogP contribution in [0.5, 0.6) is 11.5 Å². The minimum atomic E-state index is 0.101. The number of rotatable bonds is 7. The third-order valence-corrected chi connectivity index (χ3v) is 5.84. The van der Waals surface area contributed by atoms with Gasteiger partial charge in [-0.25, -0.2) is 0 Å². The molecule has 6 heteroatoms. The molecule has 0 spiro atoms. The zero-order valence-electron chi connectivity index (χ0n) is 13.8. The highest BCUT2D eigenvalue weighted by atomic mass is 32.2. The molecule has 2 aliphatic heterocycles. The van der Waals surface area contributed by atoms with E-state index in [0.29, 0.717) is 5.75 Å². The fraction of sp³-hybridized carbons (Fsp3) is 0.588. The molecule has 0 aliphatic carbocycles. The van der Waals surface area contributed by atoms with E-state index in [-0.39, 0.29) is 18.1 Å². The number of nitrogens with zero attached hydrogens (tertiary/aromatic N) is 1. The second-order valence-corrected chi connectivity index (χ2v) is 6.99. The van der Waals surface area contributed by atoms with E-state index in [4.69, 9.17) is 9.47 Å². The quantitative estimate of drug-likeness (QED) is 0.815. The van der Waals surface area contributed by atoms with Crippen molar-refractivity contribution in [2.45, 2.75) is 25.6 Å². The smallest absolute Gasteiger partial charge is 0.233 e. The standard InChI is InChI=1S/C17H24N2O3S/c1-3-18(4-2)8-5-9-19-16(20)11-23-17(19)13-6-7-14-15(10-13)22-12-21-14/h6-7,10,17H,3-5,8-9,11-12H2,1-2H3/p+1. The molecule has 0 radical (unpaired) electrons. The summed E-state index contributed by atoms with van der Waals surface area (Å²) in [5, 5.41) is 0.101. The Labute approximate surface area is 141 Å². The van der Waals surface area contributed by atoms with Crippen LogP contribution in [0, 0.1) is 0 Å². The van der Waals surface area contributed by atoms with Gasteiger partial charge in [-0.3, -0.25) is 4.79 Å². The lowest BCUT2D eigenvalue weighted by molar-refractivity contribution is -0.896. The van der Waals surface area contributed by atoms with Crippen LogP contribution in [0.25, 0.3) is 0 Å². The number of amides is 1. The van der Waals surface area contributed by atoms with Gasteiger partial charge in [0.15, 0.2) is 11.5 Å². The molecular weight excluding hydrogens is 312 g/mol. The molecule has 1 N–H and O–H groups in total. The van der Waals surface area contributed by atoms with Crippen molar-refractivity contribution in [3.8, 4) is 11.5 Å². The van der Waals surface area contributed by atoms with Crippen LogP contribution in [0.3, 0.4) is 0 Å². The molecule has 1 amide bonds. The number of hydrogen-bond donors (Lipinski definition) is 1. The van der Waals surface area contributed by atoms with E-state index in [2.05, 4.69) is 13.8 Å². The highest BCUT2D eigenvalue weighted by Crippen LogP contribution is 2.42. The maximum Gasteiger partial charge on any atom is 0.233 e. The molecule has 1 atom stereocenters. The summed E-state index contributed by atoms with van der Waals surface area (Å²) in [5.41, 5.74) is 1.13. The molecule has 1 aromatic rings. The number of thioether (sulfide) groups is 1. The Balaban J connectivity index is 1.65. The van der Waals surface area contributed by atoms with Crippen molar-refractivity contribution in [3.05, 3.63) is 23.8 Å². The molecule has 2 aliphatic rings. The summed E-state index contributed by atoms with van der Waals surface area (Å²) in [6.07, 6.45) is 1.05. The van der Waals surface area contributed by atoms with E-state index in [0.717, 1.165) is 49.7 Å². The second kappa shape index (κ2) is 7.45. The van der Waals surface area contributed by atoms with Crippen LogP contribution < -0.4 is 14.4 Å². The lowest BCUT2D eigenvalue weighted by atomic mass is 10.1. The number of hydrogen-bond acceptors (Lipinski definition) is 4. The van der Waals surface area contributed by atoms with Crippen molar-refractivity contribution in [2.75, 3.05) is 38.7 Å². The van der Waals surface area contributed by atoms with Gasteiger partial charge in [0.25, 0.3) is 0 Å². The van der Waals surface area contributed by atoms with Crippen molar-refractivity contribution < 1.29 is 19.2 Å². The second-order valence-electron chi connectivity index (χ2n) is 5.92. The lowest BCUT2D eigenvalue weighted by Crippen LogP contribution is -3.11. The molecule has 3 rings (SSSR count). The molecule has 126 valence electrons. The fourth-order valence-corrected chi connectivity index (χ4v) is 4.35. The van der Waals surface area contributed by atoms with E-state index in [1.807, 2.05) is 23.1 Å². The highest BCUT2D eigenvalue weighted by molar-refractivity contribution is 8.00. The first-order valence-corrected chi connectivity index (χ1v) is 9.42. The first-order valence-electron chi connectivity index (χ1n) is 8.37. The van der Waals surface area contributed by atoms with E-state index >= 15 is 0 Å². The van der Waals surface area contributed by atoms with Gasteiger partial charge in [-0.1, -0.05) is 6.07 Å². The third kappa shape index (κ3) is 3.58. The third-order valence-electron chi connectivity index (χ3n) is 4.58. The summed E-state index contributed by atoms with van der Waals surface area (Å²) in [6.45, 7) is 8.95. The molecule has 0 aromatic heterocycles. The summed E-state index contributed by atoms with van der Waals surface area (Å²) in [5.74, 6) is 2.39. The van der Waals surface area contributed by atoms with E-state index in [9.17, 15) is 4.79 Å². The summed E-state index contributed by atoms with van der Waals surface area (Å²) >= 11 is 1.70. The zero-order valence-corrected chi connectivity index (χ0v) is 14.7. The predicted molar refractivity (Wildman–Crippen MR) is 91.0 cm³/mol. The van der Waals surface area contributed by atoms with Crippen molar-refractivity contribution in [3.63, 3.8) is 0 Å². The van der Waals surface area contributed by atoms with Crippen LogP contribution in [0.4, 0.5) is 0 Å². The van der Waals surface area contributed by atoms with Crippen molar-refractivity contribution in [1.82, 2.24) is 4.90 Å². The van der Waals surface area contributed by atoms with Gasteiger partial charge in [-0.05, 0) is 31.5 Å². The molecular formula is C17H25N2O3S+. The van der Waals surface area contributed by atoms with Gasteiger partial charge >= 0.3 is 0 Å². The first-order chi connectivity index (χ1) is 11.2. The molecule has 5 nitrogen and oxygen atoms in total. The number of carbonyl (C=O) groups is 1. The summed E-state index contributed by atoms with van der Waals surface area (Å²) < 4.78 is 10.8. The van der Waals surface area contributed by atoms with Crippen molar-refractivity contribution in [2.24, 2.45) is 0 Å². The monoisotopic (exact) mass is 337 g/mol. The number of quaternary nitrogens is 1. The molecule has 1 fully saturated rings. The molecule has 0 bridgehead atoms. The maximum atomic E-state index is 12.2. The van der Waals surface area contributed by atoms with Crippen LogP contribution in [0.2, 0.25) is 0 Å². The lowest BCUT2D eigenvalue weighted by Gasteiger charge is -2.25. The Hall–Kier alpha value is -1.40. The fourth-order valence-electron chi connectivity index (χ4n) is 3.14. The number of fused-ring (bicyclic) bond motifs is 1. The predicted octanol–water partition coefficient (Wildman–Crippen LogP) is 1.30. The number of ether oxygens (including phenoxy) is 2.